The maximum absolute atomic E-state index is 12.8. The molecule has 0 radical (unpaired) electrons. The van der Waals surface area contributed by atoms with E-state index in [-0.39, 0.29) is 18.2 Å². The first-order chi connectivity index (χ1) is 13.0. The van der Waals surface area contributed by atoms with Gasteiger partial charge < -0.3 is 10.2 Å². The molecule has 1 N–H and O–H groups in total. The Bertz CT molecular complexity index is 828. The lowest BCUT2D eigenvalue weighted by molar-refractivity contribution is -0.137. The Labute approximate surface area is 165 Å². The zero-order valence-corrected chi connectivity index (χ0v) is 16.9. The molecule has 1 aromatic heterocycles. The summed E-state index contributed by atoms with van der Waals surface area (Å²) in [7, 11) is 0. The Morgan fingerprint density at radius 2 is 1.82 bits per heavy atom. The number of hydrogen-bond donors (Lipinski definition) is 1. The van der Waals surface area contributed by atoms with Crippen molar-refractivity contribution in [3.05, 3.63) is 46.0 Å². The predicted molar refractivity (Wildman–Crippen MR) is 102 cm³/mol. The van der Waals surface area contributed by atoms with Crippen molar-refractivity contribution in [2.45, 2.75) is 46.3 Å². The number of aryl methyl sites for hydroxylation is 2. The van der Waals surface area contributed by atoms with Gasteiger partial charge in [0.1, 0.15) is 6.54 Å². The van der Waals surface area contributed by atoms with Crippen molar-refractivity contribution in [2.75, 3.05) is 11.9 Å². The second-order valence-corrected chi connectivity index (χ2v) is 7.68. The summed E-state index contributed by atoms with van der Waals surface area (Å²) < 4.78 is 38.2. The van der Waals surface area contributed by atoms with E-state index in [0.29, 0.717) is 11.6 Å². The minimum atomic E-state index is -4.47. The molecule has 28 heavy (non-hydrogen) atoms. The molecule has 2 rings (SSSR count). The van der Waals surface area contributed by atoms with E-state index in [0.717, 1.165) is 34.8 Å². The van der Waals surface area contributed by atoms with Crippen molar-refractivity contribution < 1.29 is 22.8 Å². The van der Waals surface area contributed by atoms with Gasteiger partial charge in [0.2, 0.25) is 5.91 Å². The van der Waals surface area contributed by atoms with Gasteiger partial charge in [-0.25, -0.2) is 4.98 Å². The Balaban J connectivity index is 2.15. The van der Waals surface area contributed by atoms with Gasteiger partial charge in [0.15, 0.2) is 5.13 Å². The normalized spacial score (nSPS) is 12.5. The van der Waals surface area contributed by atoms with Crippen LogP contribution in [0.1, 0.15) is 46.8 Å². The van der Waals surface area contributed by atoms with E-state index in [1.54, 1.807) is 6.92 Å². The second kappa shape index (κ2) is 8.72. The van der Waals surface area contributed by atoms with Crippen LogP contribution in [0.15, 0.2) is 24.3 Å². The van der Waals surface area contributed by atoms with Crippen molar-refractivity contribution in [3.8, 4) is 0 Å². The van der Waals surface area contributed by atoms with E-state index in [2.05, 4.69) is 10.3 Å². The van der Waals surface area contributed by atoms with E-state index >= 15 is 0 Å². The first-order valence-electron chi connectivity index (χ1n) is 8.75. The molecular weight excluding hydrogens is 391 g/mol. The largest absolute Gasteiger partial charge is 0.416 e. The van der Waals surface area contributed by atoms with Gasteiger partial charge in [-0.05, 0) is 51.5 Å². The van der Waals surface area contributed by atoms with Crippen LogP contribution in [-0.4, -0.2) is 34.3 Å². The zero-order chi connectivity index (χ0) is 21.1. The number of thiazole rings is 1. The van der Waals surface area contributed by atoms with E-state index in [9.17, 15) is 22.8 Å². The fourth-order valence-corrected chi connectivity index (χ4v) is 3.29. The number of nitrogens with one attached hydrogen (secondary N) is 1. The molecule has 0 saturated heterocycles. The summed E-state index contributed by atoms with van der Waals surface area (Å²) in [5.74, 6) is -0.904. The van der Waals surface area contributed by atoms with Crippen LogP contribution in [0.5, 0.6) is 0 Å². The molecular formula is C19H22F3N3O2S. The Morgan fingerprint density at radius 1 is 1.21 bits per heavy atom. The van der Waals surface area contributed by atoms with E-state index in [4.69, 9.17) is 0 Å². The molecule has 1 aromatic carbocycles. The van der Waals surface area contributed by atoms with Gasteiger partial charge in [-0.2, -0.15) is 13.2 Å². The lowest BCUT2D eigenvalue weighted by atomic mass is 10.1. The van der Waals surface area contributed by atoms with Gasteiger partial charge in [-0.3, -0.25) is 9.59 Å². The molecule has 152 valence electrons. The lowest BCUT2D eigenvalue weighted by Crippen LogP contribution is -2.43. The summed E-state index contributed by atoms with van der Waals surface area (Å²) in [6.45, 7) is 7.16. The summed E-state index contributed by atoms with van der Waals surface area (Å²) in [5, 5.41) is 3.12. The highest BCUT2D eigenvalue weighted by Crippen LogP contribution is 2.29. The van der Waals surface area contributed by atoms with Crippen molar-refractivity contribution in [3.63, 3.8) is 0 Å². The molecule has 9 heteroatoms. The summed E-state index contributed by atoms with van der Waals surface area (Å²) >= 11 is 1.34. The highest BCUT2D eigenvalue weighted by Gasteiger charge is 2.31. The molecule has 0 aliphatic rings. The van der Waals surface area contributed by atoms with Crippen LogP contribution in [0.2, 0.25) is 0 Å². The summed E-state index contributed by atoms with van der Waals surface area (Å²) in [6, 6.07) is 3.73. The van der Waals surface area contributed by atoms with E-state index in [1.165, 1.54) is 16.2 Å². The predicted octanol–water partition coefficient (Wildman–Crippen LogP) is 4.66. The molecule has 0 aliphatic heterocycles. The minimum absolute atomic E-state index is 0.0991. The van der Waals surface area contributed by atoms with Crippen LogP contribution in [-0.2, 0) is 11.0 Å². The SMILES string of the molecule is CC[C@@H](C)N(CC(=O)Nc1nc(C)c(C)s1)C(=O)c1ccc(C(F)(F)F)cc1. The van der Waals surface area contributed by atoms with Crippen LogP contribution in [0.4, 0.5) is 18.3 Å². The Morgan fingerprint density at radius 3 is 2.29 bits per heavy atom. The van der Waals surface area contributed by atoms with Crippen LogP contribution >= 0.6 is 11.3 Å². The van der Waals surface area contributed by atoms with Crippen LogP contribution in [0, 0.1) is 13.8 Å². The molecule has 0 bridgehead atoms. The Kier molecular flexibility index (Phi) is 6.82. The smallest absolute Gasteiger partial charge is 0.327 e. The number of carbonyl (C=O) groups excluding carboxylic acids is 2. The first kappa shape index (κ1) is 21.9. The quantitative estimate of drug-likeness (QED) is 0.749. The van der Waals surface area contributed by atoms with Crippen LogP contribution in [0.3, 0.4) is 0 Å². The number of benzene rings is 1. The second-order valence-electron chi connectivity index (χ2n) is 6.47. The minimum Gasteiger partial charge on any atom is -0.327 e. The number of alkyl halides is 3. The Hall–Kier alpha value is -2.42. The van der Waals surface area contributed by atoms with Gasteiger partial charge >= 0.3 is 6.18 Å². The zero-order valence-electron chi connectivity index (χ0n) is 16.1. The average Bonchev–Trinajstić information content (AvgIpc) is 2.95. The molecule has 1 atom stereocenters. The third kappa shape index (κ3) is 5.31. The third-order valence-corrected chi connectivity index (χ3v) is 5.42. The van der Waals surface area contributed by atoms with Crippen molar-refractivity contribution in [2.24, 2.45) is 0 Å². The molecule has 0 spiro atoms. The summed E-state index contributed by atoms with van der Waals surface area (Å²) in [5.41, 5.74) is 0.0911. The van der Waals surface area contributed by atoms with Crippen molar-refractivity contribution in [1.29, 1.82) is 0 Å². The topological polar surface area (TPSA) is 62.3 Å². The average molecular weight is 413 g/mol. The molecule has 2 aromatic rings. The van der Waals surface area contributed by atoms with Crippen molar-refractivity contribution >= 4 is 28.3 Å². The number of hydrogen-bond acceptors (Lipinski definition) is 4. The van der Waals surface area contributed by atoms with Gasteiger partial charge in [-0.15, -0.1) is 11.3 Å². The number of rotatable bonds is 6. The van der Waals surface area contributed by atoms with Gasteiger partial charge in [0.05, 0.1) is 11.3 Å². The fourth-order valence-electron chi connectivity index (χ4n) is 2.46. The summed E-state index contributed by atoms with van der Waals surface area (Å²) in [6.07, 6.45) is -3.88. The van der Waals surface area contributed by atoms with Gasteiger partial charge in [0.25, 0.3) is 5.91 Å². The number of nitrogens with zero attached hydrogens (tertiary/aromatic N) is 2. The molecule has 0 aliphatic carbocycles. The highest BCUT2D eigenvalue weighted by molar-refractivity contribution is 7.15. The highest BCUT2D eigenvalue weighted by atomic mass is 32.1. The molecule has 0 unspecified atom stereocenters. The number of aromatic nitrogens is 1. The number of anilines is 1. The van der Waals surface area contributed by atoms with Gasteiger partial charge in [0, 0.05) is 16.5 Å². The van der Waals surface area contributed by atoms with Crippen LogP contribution < -0.4 is 5.32 Å². The standard InChI is InChI=1S/C19H22F3N3O2S/c1-5-11(2)25(10-16(26)24-18-23-12(3)13(4)28-18)17(27)14-6-8-15(9-7-14)19(20,21)22/h6-9,11H,5,10H2,1-4H3,(H,23,24,26)/t11-/m1/s1. The van der Waals surface area contributed by atoms with Crippen molar-refractivity contribution in [1.82, 2.24) is 9.88 Å². The maximum atomic E-state index is 12.8. The first-order valence-corrected chi connectivity index (χ1v) is 9.56. The van der Waals surface area contributed by atoms with Gasteiger partial charge in [-0.1, -0.05) is 6.92 Å². The molecule has 0 saturated carbocycles. The van der Waals surface area contributed by atoms with E-state index in [1.807, 2.05) is 20.8 Å². The number of halogens is 3. The lowest BCUT2D eigenvalue weighted by Gasteiger charge is -2.28. The molecule has 2 amide bonds. The fraction of sp³-hybridized carbons (Fsp3) is 0.421. The monoisotopic (exact) mass is 413 g/mol. The van der Waals surface area contributed by atoms with E-state index < -0.39 is 23.6 Å². The molecule has 0 fully saturated rings. The summed E-state index contributed by atoms with van der Waals surface area (Å²) in [4.78, 5) is 31.8. The third-order valence-electron chi connectivity index (χ3n) is 4.43. The molecule has 5 nitrogen and oxygen atoms in total. The maximum Gasteiger partial charge on any atom is 0.416 e. The van der Waals surface area contributed by atoms with Crippen LogP contribution in [0.25, 0.3) is 0 Å². The molecule has 1 heterocycles. The number of carbonyl (C=O) groups is 2. The number of amides is 2.